The van der Waals surface area contributed by atoms with Gasteiger partial charge in [0.15, 0.2) is 0 Å². The van der Waals surface area contributed by atoms with Gasteiger partial charge >= 0.3 is 0 Å². The molecule has 8 atom stereocenters. The van der Waals surface area contributed by atoms with Crippen molar-refractivity contribution in [2.75, 3.05) is 0 Å². The molecule has 4 aliphatic rings. The molecule has 0 spiro atoms. The Morgan fingerprint density at radius 3 is 1.50 bits per heavy atom. The molecule has 8 unspecified atom stereocenters. The van der Waals surface area contributed by atoms with E-state index in [-0.39, 0.29) is 10.8 Å². The molecule has 0 heteroatoms. The van der Waals surface area contributed by atoms with Crippen molar-refractivity contribution >= 4 is 0 Å². The lowest BCUT2D eigenvalue weighted by Gasteiger charge is -2.40. The van der Waals surface area contributed by atoms with E-state index in [4.69, 9.17) is 0 Å². The molecule has 0 aliphatic heterocycles. The van der Waals surface area contributed by atoms with Crippen LogP contribution in [0.15, 0.2) is 76.9 Å². The van der Waals surface area contributed by atoms with Crippen molar-refractivity contribution in [3.05, 3.63) is 82.5 Å². The van der Waals surface area contributed by atoms with E-state index in [1.807, 2.05) is 0 Å². The zero-order chi connectivity index (χ0) is 29.4. The Hall–Kier alpha value is -1.82. The van der Waals surface area contributed by atoms with Crippen molar-refractivity contribution in [3.63, 3.8) is 0 Å². The largest absolute Gasteiger partial charge is 0.0773 e. The van der Waals surface area contributed by atoms with E-state index in [1.54, 1.807) is 16.7 Å². The van der Waals surface area contributed by atoms with E-state index in [2.05, 4.69) is 138 Å². The molecule has 4 aliphatic carbocycles. The molecule has 0 N–H and O–H groups in total. The highest BCUT2D eigenvalue weighted by atomic mass is 14.6. The van der Waals surface area contributed by atoms with Gasteiger partial charge in [-0.2, -0.15) is 0 Å². The lowest BCUT2D eigenvalue weighted by atomic mass is 9.64. The van der Waals surface area contributed by atoms with E-state index < -0.39 is 0 Å². The maximum atomic E-state index is 2.75. The fourth-order valence-corrected chi connectivity index (χ4v) is 9.66. The first-order valence-electron chi connectivity index (χ1n) is 16.4. The first-order chi connectivity index (χ1) is 18.5. The molecule has 0 heterocycles. The third-order valence-corrected chi connectivity index (χ3v) is 11.5. The van der Waals surface area contributed by atoms with Gasteiger partial charge in [0.25, 0.3) is 0 Å². The molecule has 0 saturated heterocycles. The van der Waals surface area contributed by atoms with Crippen molar-refractivity contribution in [1.29, 1.82) is 0 Å². The summed E-state index contributed by atoms with van der Waals surface area (Å²) in [6.45, 7) is 29.2. The Morgan fingerprint density at radius 1 is 0.625 bits per heavy atom. The van der Waals surface area contributed by atoms with Gasteiger partial charge in [-0.25, -0.2) is 0 Å². The molecule has 2 saturated carbocycles. The van der Waals surface area contributed by atoms with Gasteiger partial charge in [-0.05, 0) is 113 Å². The Morgan fingerprint density at radius 2 is 1.10 bits per heavy atom. The van der Waals surface area contributed by atoms with Gasteiger partial charge in [0.05, 0.1) is 0 Å². The molecule has 0 radical (unpaired) electrons. The number of fused-ring (bicyclic) bond motifs is 3. The van der Waals surface area contributed by atoms with Gasteiger partial charge in [0.1, 0.15) is 0 Å². The van der Waals surface area contributed by atoms with E-state index in [0.29, 0.717) is 40.9 Å². The molecule has 0 nitrogen and oxygen atoms in total. The quantitative estimate of drug-likeness (QED) is 0.359. The monoisotopic (exact) mass is 538 g/mol. The summed E-state index contributed by atoms with van der Waals surface area (Å²) in [5, 5.41) is 0. The number of hydrogen-bond donors (Lipinski definition) is 0. The Labute approximate surface area is 247 Å². The number of hydrogen-bond acceptors (Lipinski definition) is 0. The summed E-state index contributed by atoms with van der Waals surface area (Å²) in [7, 11) is 0. The molecule has 218 valence electrons. The van der Waals surface area contributed by atoms with Crippen LogP contribution in [0.3, 0.4) is 0 Å². The molecule has 0 aromatic heterocycles. The van der Waals surface area contributed by atoms with Crippen molar-refractivity contribution in [2.24, 2.45) is 63.6 Å². The lowest BCUT2D eigenvalue weighted by Crippen LogP contribution is -2.32. The maximum absolute atomic E-state index is 2.75. The van der Waals surface area contributed by atoms with Gasteiger partial charge in [0.2, 0.25) is 0 Å². The smallest absolute Gasteiger partial charge is 0.00909 e. The summed E-state index contributed by atoms with van der Waals surface area (Å²) in [6.07, 6.45) is 13.7. The van der Waals surface area contributed by atoms with Crippen LogP contribution in [0.25, 0.3) is 0 Å². The lowest BCUT2D eigenvalue weighted by molar-refractivity contribution is 0.195. The molecule has 2 fully saturated rings. The summed E-state index contributed by atoms with van der Waals surface area (Å²) in [4.78, 5) is 0. The topological polar surface area (TPSA) is 0 Å². The highest BCUT2D eigenvalue weighted by Gasteiger charge is 2.55. The van der Waals surface area contributed by atoms with Crippen LogP contribution < -0.4 is 0 Å². The van der Waals surface area contributed by atoms with Crippen LogP contribution in [0, 0.1) is 63.6 Å². The zero-order valence-corrected chi connectivity index (χ0v) is 27.8. The first-order valence-corrected chi connectivity index (χ1v) is 16.4. The predicted octanol–water partition coefficient (Wildman–Crippen LogP) is 11.4. The van der Waals surface area contributed by atoms with Crippen LogP contribution in [0.5, 0.6) is 0 Å². The zero-order valence-electron chi connectivity index (χ0n) is 27.8. The third-order valence-electron chi connectivity index (χ3n) is 11.5. The minimum absolute atomic E-state index is 0.175. The first kappa shape index (κ1) is 29.7. The van der Waals surface area contributed by atoms with E-state index in [0.717, 1.165) is 17.8 Å². The summed E-state index contributed by atoms with van der Waals surface area (Å²) < 4.78 is 0. The fourth-order valence-electron chi connectivity index (χ4n) is 9.66. The standard InChI is InChI=1S/C40H58/c1-24-18-28(38(4,5)6)21-29(24)36(27-16-14-13-15-17-27)37-32-19-25(2)34(39(7,8)9)22-30(32)31-23-35(40(10,11)12)26(3)20-33(31)37/h13-17,19-20,22-24,28-33,36-37H,18,21H2,1-12H3. The van der Waals surface area contributed by atoms with Crippen LogP contribution in [-0.2, 0) is 0 Å². The molecule has 0 amide bonds. The van der Waals surface area contributed by atoms with E-state index in [9.17, 15) is 0 Å². The number of allylic oxidation sites excluding steroid dienone is 8. The minimum atomic E-state index is 0.175. The van der Waals surface area contributed by atoms with Gasteiger partial charge in [0, 0.05) is 0 Å². The van der Waals surface area contributed by atoms with E-state index in [1.165, 1.54) is 24.0 Å². The molecule has 1 aromatic carbocycles. The van der Waals surface area contributed by atoms with E-state index >= 15 is 0 Å². The summed E-state index contributed by atoms with van der Waals surface area (Å²) in [6, 6.07) is 11.7. The second-order valence-electron chi connectivity index (χ2n) is 17.4. The average molecular weight is 539 g/mol. The van der Waals surface area contributed by atoms with Crippen molar-refractivity contribution in [2.45, 2.75) is 102 Å². The Bertz CT molecular complexity index is 1150. The maximum Gasteiger partial charge on any atom is -0.00909 e. The second kappa shape index (κ2) is 10.2. The molecular weight excluding hydrogens is 480 g/mol. The van der Waals surface area contributed by atoms with Crippen molar-refractivity contribution in [3.8, 4) is 0 Å². The van der Waals surface area contributed by atoms with Gasteiger partial charge < -0.3 is 0 Å². The van der Waals surface area contributed by atoms with Crippen LogP contribution in [0.2, 0.25) is 0 Å². The van der Waals surface area contributed by atoms with Crippen LogP contribution in [0.1, 0.15) is 107 Å². The molecule has 5 rings (SSSR count). The SMILES string of the molecule is CC1=CC2C(C=C1C(C)(C)C)C1C=C(C(C)(C)C)C(C)=CC1C2C(c1ccccc1)C1CC(C(C)(C)C)CC1C. The molecule has 0 bridgehead atoms. The average Bonchev–Trinajstić information content (AvgIpc) is 3.36. The van der Waals surface area contributed by atoms with Gasteiger partial charge in [-0.1, -0.05) is 135 Å². The van der Waals surface area contributed by atoms with Crippen molar-refractivity contribution in [1.82, 2.24) is 0 Å². The fraction of sp³-hybridized carbons (Fsp3) is 0.650. The van der Waals surface area contributed by atoms with Crippen molar-refractivity contribution < 1.29 is 0 Å². The normalized spacial score (nSPS) is 35.3. The Balaban J connectivity index is 1.68. The van der Waals surface area contributed by atoms with Crippen LogP contribution >= 0.6 is 0 Å². The Kier molecular flexibility index (Phi) is 7.54. The van der Waals surface area contributed by atoms with Gasteiger partial charge in [-0.15, -0.1) is 0 Å². The van der Waals surface area contributed by atoms with Crippen LogP contribution in [0.4, 0.5) is 0 Å². The van der Waals surface area contributed by atoms with Gasteiger partial charge in [-0.3, -0.25) is 0 Å². The third kappa shape index (κ3) is 5.27. The summed E-state index contributed by atoms with van der Waals surface area (Å²) >= 11 is 0. The molecule has 40 heavy (non-hydrogen) atoms. The highest BCUT2D eigenvalue weighted by molar-refractivity contribution is 5.46. The van der Waals surface area contributed by atoms with Crippen LogP contribution in [-0.4, -0.2) is 0 Å². The molecular formula is C40H58. The summed E-state index contributed by atoms with van der Waals surface area (Å²) in [5.41, 5.74) is 8.51. The molecule has 1 aromatic rings. The second-order valence-corrected chi connectivity index (χ2v) is 17.4. The number of benzene rings is 1. The predicted molar refractivity (Wildman–Crippen MR) is 174 cm³/mol. The highest BCUT2D eigenvalue weighted by Crippen LogP contribution is 2.63. The number of rotatable bonds is 3. The summed E-state index contributed by atoms with van der Waals surface area (Å²) in [5.74, 6) is 5.86. The minimum Gasteiger partial charge on any atom is -0.0773 e.